The van der Waals surface area contributed by atoms with Gasteiger partial charge in [-0.25, -0.2) is 0 Å². The van der Waals surface area contributed by atoms with Crippen LogP contribution in [0.3, 0.4) is 0 Å². The fraction of sp³-hybridized carbons (Fsp3) is 0.714. The third-order valence-electron chi connectivity index (χ3n) is 3.60. The smallest absolute Gasteiger partial charge is 0.240 e. The molecule has 1 amide bonds. The van der Waals surface area contributed by atoms with Gasteiger partial charge in [-0.3, -0.25) is 15.0 Å². The number of likely N-dealkylation sites (N-methyl/N-ethyl adjacent to an activating group) is 1. The van der Waals surface area contributed by atoms with Crippen molar-refractivity contribution in [2.75, 3.05) is 25.5 Å². The number of nitrogens with one attached hydrogen (secondary N) is 1. The topological polar surface area (TPSA) is 58.4 Å². The van der Waals surface area contributed by atoms with Crippen LogP contribution in [-0.2, 0) is 4.79 Å². The first-order valence-corrected chi connectivity index (χ1v) is 7.05. The van der Waals surface area contributed by atoms with Crippen molar-refractivity contribution in [1.29, 1.82) is 0 Å². The lowest BCUT2D eigenvalue weighted by Gasteiger charge is -2.26. The van der Waals surface area contributed by atoms with Crippen molar-refractivity contribution >= 4 is 11.8 Å². The molecule has 1 aliphatic carbocycles. The standard InChI is InChI=1S/C14H23N3O2/c1-11-8-14(19-16-11)15-13(18)10-17(2)9-12-6-4-3-5-7-12/h8,12H,3-7,9-10H2,1-2H3,(H,15,18). The Kier molecular flexibility index (Phi) is 4.96. The zero-order chi connectivity index (χ0) is 13.7. The fourth-order valence-corrected chi connectivity index (χ4v) is 2.72. The Balaban J connectivity index is 1.71. The zero-order valence-corrected chi connectivity index (χ0v) is 11.8. The van der Waals surface area contributed by atoms with Gasteiger partial charge in [0.15, 0.2) is 0 Å². The van der Waals surface area contributed by atoms with E-state index in [0.717, 1.165) is 18.2 Å². The number of nitrogens with zero attached hydrogens (tertiary/aromatic N) is 2. The van der Waals surface area contributed by atoms with E-state index in [1.54, 1.807) is 6.07 Å². The summed E-state index contributed by atoms with van der Waals surface area (Å²) in [4.78, 5) is 13.9. The van der Waals surface area contributed by atoms with Crippen molar-refractivity contribution in [2.45, 2.75) is 39.0 Å². The Morgan fingerprint density at radius 3 is 2.84 bits per heavy atom. The van der Waals surface area contributed by atoms with Gasteiger partial charge in [0.25, 0.3) is 0 Å². The van der Waals surface area contributed by atoms with Gasteiger partial charge < -0.3 is 4.52 Å². The molecule has 0 aromatic carbocycles. The van der Waals surface area contributed by atoms with Crippen LogP contribution in [0.1, 0.15) is 37.8 Å². The van der Waals surface area contributed by atoms with Gasteiger partial charge in [0, 0.05) is 12.6 Å². The van der Waals surface area contributed by atoms with Gasteiger partial charge in [-0.1, -0.05) is 24.4 Å². The predicted octanol–water partition coefficient (Wildman–Crippen LogP) is 2.43. The highest BCUT2D eigenvalue weighted by atomic mass is 16.5. The second kappa shape index (κ2) is 6.70. The quantitative estimate of drug-likeness (QED) is 0.888. The van der Waals surface area contributed by atoms with E-state index in [2.05, 4.69) is 15.4 Å². The maximum absolute atomic E-state index is 11.8. The van der Waals surface area contributed by atoms with E-state index in [9.17, 15) is 4.79 Å². The summed E-state index contributed by atoms with van der Waals surface area (Å²) >= 11 is 0. The summed E-state index contributed by atoms with van der Waals surface area (Å²) in [6.07, 6.45) is 6.64. The molecule has 0 radical (unpaired) electrons. The maximum atomic E-state index is 11.8. The van der Waals surface area contributed by atoms with Crippen LogP contribution in [0.2, 0.25) is 0 Å². The number of hydrogen-bond donors (Lipinski definition) is 1. The minimum absolute atomic E-state index is 0.0468. The van der Waals surface area contributed by atoms with Crippen LogP contribution in [0, 0.1) is 12.8 Å². The lowest BCUT2D eigenvalue weighted by atomic mass is 9.89. The SMILES string of the molecule is Cc1cc(NC(=O)CN(C)CC2CCCCC2)on1. The Hall–Kier alpha value is -1.36. The molecule has 5 heteroatoms. The van der Waals surface area contributed by atoms with Crippen molar-refractivity contribution in [2.24, 2.45) is 5.92 Å². The average molecular weight is 265 g/mol. The van der Waals surface area contributed by atoms with Crippen LogP contribution in [0.4, 0.5) is 5.88 Å². The fourth-order valence-electron chi connectivity index (χ4n) is 2.72. The van der Waals surface area contributed by atoms with E-state index in [1.807, 2.05) is 14.0 Å². The summed E-state index contributed by atoms with van der Waals surface area (Å²) in [5.41, 5.74) is 0.769. The van der Waals surface area contributed by atoms with E-state index in [4.69, 9.17) is 4.52 Å². The van der Waals surface area contributed by atoms with Crippen LogP contribution >= 0.6 is 0 Å². The molecular weight excluding hydrogens is 242 g/mol. The van der Waals surface area contributed by atoms with Crippen molar-refractivity contribution in [3.63, 3.8) is 0 Å². The number of aryl methyl sites for hydroxylation is 1. The molecule has 0 aliphatic heterocycles. The van der Waals surface area contributed by atoms with E-state index in [1.165, 1.54) is 32.1 Å². The van der Waals surface area contributed by atoms with Gasteiger partial charge >= 0.3 is 0 Å². The van der Waals surface area contributed by atoms with Gasteiger partial charge in [-0.05, 0) is 32.7 Å². The number of anilines is 1. The molecule has 0 spiro atoms. The van der Waals surface area contributed by atoms with Gasteiger partial charge in [0.1, 0.15) is 0 Å². The van der Waals surface area contributed by atoms with Gasteiger partial charge in [0.05, 0.1) is 12.2 Å². The summed E-state index contributed by atoms with van der Waals surface area (Å²) in [6, 6.07) is 1.72. The summed E-state index contributed by atoms with van der Waals surface area (Å²) in [6.45, 7) is 3.23. The molecule has 19 heavy (non-hydrogen) atoms. The van der Waals surface area contributed by atoms with Crippen molar-refractivity contribution in [3.05, 3.63) is 11.8 Å². The van der Waals surface area contributed by atoms with Crippen LogP contribution in [0.25, 0.3) is 0 Å². The van der Waals surface area contributed by atoms with E-state index >= 15 is 0 Å². The third-order valence-corrected chi connectivity index (χ3v) is 3.60. The first-order chi connectivity index (χ1) is 9.13. The average Bonchev–Trinajstić information content (AvgIpc) is 2.75. The summed E-state index contributed by atoms with van der Waals surface area (Å²) < 4.78 is 4.97. The minimum atomic E-state index is -0.0468. The largest absolute Gasteiger partial charge is 0.338 e. The Labute approximate surface area is 114 Å². The van der Waals surface area contributed by atoms with Crippen molar-refractivity contribution in [3.8, 4) is 0 Å². The van der Waals surface area contributed by atoms with Crippen molar-refractivity contribution in [1.82, 2.24) is 10.1 Å². The van der Waals surface area contributed by atoms with Gasteiger partial charge in [-0.15, -0.1) is 0 Å². The molecule has 0 saturated heterocycles. The minimum Gasteiger partial charge on any atom is -0.338 e. The van der Waals surface area contributed by atoms with Crippen LogP contribution < -0.4 is 5.32 Å². The maximum Gasteiger partial charge on any atom is 0.240 e. The molecule has 1 heterocycles. The molecule has 1 fully saturated rings. The zero-order valence-electron chi connectivity index (χ0n) is 11.8. The van der Waals surface area contributed by atoms with E-state index in [0.29, 0.717) is 12.4 Å². The van der Waals surface area contributed by atoms with Crippen LogP contribution in [-0.4, -0.2) is 36.1 Å². The van der Waals surface area contributed by atoms with E-state index < -0.39 is 0 Å². The monoisotopic (exact) mass is 265 g/mol. The lowest BCUT2D eigenvalue weighted by molar-refractivity contribution is -0.117. The molecule has 0 atom stereocenters. The number of carbonyl (C=O) groups excluding carboxylic acids is 1. The van der Waals surface area contributed by atoms with Crippen molar-refractivity contribution < 1.29 is 9.32 Å². The Morgan fingerprint density at radius 1 is 1.47 bits per heavy atom. The van der Waals surface area contributed by atoms with Crippen LogP contribution in [0.15, 0.2) is 10.6 Å². The predicted molar refractivity (Wildman–Crippen MR) is 73.9 cm³/mol. The Bertz CT molecular complexity index is 411. The third kappa shape index (κ3) is 4.67. The molecule has 1 aromatic heterocycles. The summed E-state index contributed by atoms with van der Waals surface area (Å²) in [5, 5.41) is 6.46. The first-order valence-electron chi connectivity index (χ1n) is 7.05. The first kappa shape index (κ1) is 14.1. The highest BCUT2D eigenvalue weighted by Crippen LogP contribution is 2.24. The lowest BCUT2D eigenvalue weighted by Crippen LogP contribution is -2.34. The van der Waals surface area contributed by atoms with Gasteiger partial charge in [0.2, 0.25) is 11.8 Å². The molecule has 0 bridgehead atoms. The summed E-state index contributed by atoms with van der Waals surface area (Å²) in [7, 11) is 2.00. The molecule has 5 nitrogen and oxygen atoms in total. The molecule has 0 unspecified atom stereocenters. The molecule has 1 N–H and O–H groups in total. The molecule has 106 valence electrons. The number of amides is 1. The van der Waals surface area contributed by atoms with Crippen LogP contribution in [0.5, 0.6) is 0 Å². The normalized spacial score (nSPS) is 16.8. The highest BCUT2D eigenvalue weighted by molar-refractivity contribution is 5.90. The number of carbonyl (C=O) groups is 1. The molecule has 1 aromatic rings. The summed E-state index contributed by atoms with van der Waals surface area (Å²) in [5.74, 6) is 1.13. The second-order valence-electron chi connectivity index (χ2n) is 5.58. The molecular formula is C14H23N3O2. The number of aromatic nitrogens is 1. The second-order valence-corrected chi connectivity index (χ2v) is 5.58. The highest BCUT2D eigenvalue weighted by Gasteiger charge is 2.17. The number of rotatable bonds is 5. The molecule has 1 aliphatic rings. The van der Waals surface area contributed by atoms with E-state index in [-0.39, 0.29) is 5.91 Å². The molecule has 2 rings (SSSR count). The van der Waals surface area contributed by atoms with Gasteiger partial charge in [-0.2, -0.15) is 0 Å². The number of hydrogen-bond acceptors (Lipinski definition) is 4. The Morgan fingerprint density at radius 2 is 2.21 bits per heavy atom. The molecule has 1 saturated carbocycles.